The monoisotopic (exact) mass is 456 g/mol. The first-order valence-corrected chi connectivity index (χ1v) is 11.4. The van der Waals surface area contributed by atoms with Crippen molar-refractivity contribution in [1.82, 2.24) is 0 Å². The number of carboxylic acid groups (broad SMARTS) is 1. The smallest absolute Gasteiger partial charge is 0.306 e. The van der Waals surface area contributed by atoms with Crippen LogP contribution in [0.1, 0.15) is 24.8 Å². The third-order valence-corrected chi connectivity index (χ3v) is 6.30. The van der Waals surface area contributed by atoms with Gasteiger partial charge in [-0.3, -0.25) is 9.59 Å². The van der Waals surface area contributed by atoms with E-state index in [1.807, 2.05) is 84.9 Å². The van der Waals surface area contributed by atoms with Crippen LogP contribution in [-0.4, -0.2) is 33.7 Å². The van der Waals surface area contributed by atoms with Gasteiger partial charge in [0.05, 0.1) is 12.0 Å². The lowest BCUT2D eigenvalue weighted by Gasteiger charge is -2.29. The molecule has 1 aliphatic rings. The number of benzene rings is 3. The second-order valence-corrected chi connectivity index (χ2v) is 8.77. The maximum Gasteiger partial charge on any atom is 0.306 e. The highest BCUT2D eigenvalue weighted by molar-refractivity contribution is 5.91. The standard InChI is InChI=1S/C29H28O5/c30-24(19-21-7-3-1-4-8-21)13-16-26-27(17-18-29(26,33)20-28(31)32)34-25-14-11-23(12-15-25)22-9-5-2-6-10-22/h1-16,26-27,33H,17-20H2,(H,31,32)/t26-,27+,29-/m0/s1. The maximum absolute atomic E-state index is 12.5. The van der Waals surface area contributed by atoms with Crippen molar-refractivity contribution in [3.8, 4) is 16.9 Å². The highest BCUT2D eigenvalue weighted by Crippen LogP contribution is 2.41. The van der Waals surface area contributed by atoms with Gasteiger partial charge in [0.25, 0.3) is 0 Å². The Balaban J connectivity index is 1.49. The third-order valence-electron chi connectivity index (χ3n) is 6.30. The molecule has 0 heterocycles. The SMILES string of the molecule is O=C(O)C[C@@]1(O)CC[C@@H](Oc2ccc(-c3ccccc3)cc2)[C@@H]1C=CC(=O)Cc1ccccc1. The summed E-state index contributed by atoms with van der Waals surface area (Å²) in [7, 11) is 0. The highest BCUT2D eigenvalue weighted by Gasteiger charge is 2.48. The Labute approximate surface area is 199 Å². The van der Waals surface area contributed by atoms with Crippen molar-refractivity contribution < 1.29 is 24.5 Å². The molecule has 0 spiro atoms. The molecule has 174 valence electrons. The van der Waals surface area contributed by atoms with Crippen molar-refractivity contribution in [3.05, 3.63) is 103 Å². The van der Waals surface area contributed by atoms with E-state index in [1.54, 1.807) is 6.08 Å². The highest BCUT2D eigenvalue weighted by atomic mass is 16.5. The molecule has 5 heteroatoms. The zero-order chi connectivity index (χ0) is 24.0. The molecule has 1 saturated carbocycles. The first-order chi connectivity index (χ1) is 16.4. The van der Waals surface area contributed by atoms with Crippen LogP contribution in [0, 0.1) is 5.92 Å². The van der Waals surface area contributed by atoms with Gasteiger partial charge >= 0.3 is 5.97 Å². The number of aliphatic carboxylic acids is 1. The molecule has 34 heavy (non-hydrogen) atoms. The van der Waals surface area contributed by atoms with Gasteiger partial charge in [-0.05, 0) is 47.7 Å². The van der Waals surface area contributed by atoms with Crippen LogP contribution < -0.4 is 4.74 Å². The molecule has 0 aromatic heterocycles. The summed E-state index contributed by atoms with van der Waals surface area (Å²) in [5, 5.41) is 20.5. The summed E-state index contributed by atoms with van der Waals surface area (Å²) in [6, 6.07) is 27.1. The number of hydrogen-bond donors (Lipinski definition) is 2. The van der Waals surface area contributed by atoms with Crippen LogP contribution in [0.15, 0.2) is 97.1 Å². The fourth-order valence-electron chi connectivity index (χ4n) is 4.59. The van der Waals surface area contributed by atoms with E-state index in [2.05, 4.69) is 0 Å². The molecule has 2 N–H and O–H groups in total. The molecule has 0 amide bonds. The van der Waals surface area contributed by atoms with Gasteiger partial charge in [0, 0.05) is 12.3 Å². The van der Waals surface area contributed by atoms with Gasteiger partial charge in [0.2, 0.25) is 0 Å². The van der Waals surface area contributed by atoms with Gasteiger partial charge in [-0.1, -0.05) is 78.9 Å². The number of hydrogen-bond acceptors (Lipinski definition) is 4. The number of rotatable bonds is 9. The zero-order valence-electron chi connectivity index (χ0n) is 18.8. The quantitative estimate of drug-likeness (QED) is 0.439. The van der Waals surface area contributed by atoms with E-state index in [4.69, 9.17) is 4.74 Å². The van der Waals surface area contributed by atoms with E-state index in [-0.39, 0.29) is 18.6 Å². The number of ketones is 1. The molecular weight excluding hydrogens is 428 g/mol. The second-order valence-electron chi connectivity index (χ2n) is 8.77. The molecule has 4 rings (SSSR count). The van der Waals surface area contributed by atoms with Crippen LogP contribution >= 0.6 is 0 Å². The summed E-state index contributed by atoms with van der Waals surface area (Å²) in [4.78, 5) is 23.9. The van der Waals surface area contributed by atoms with Crippen molar-refractivity contribution in [2.75, 3.05) is 0 Å². The Morgan fingerprint density at radius 3 is 2.18 bits per heavy atom. The van der Waals surface area contributed by atoms with Gasteiger partial charge in [0.1, 0.15) is 11.9 Å². The minimum Gasteiger partial charge on any atom is -0.490 e. The normalized spacial score (nSPS) is 22.0. The summed E-state index contributed by atoms with van der Waals surface area (Å²) < 4.78 is 6.19. The van der Waals surface area contributed by atoms with Crippen molar-refractivity contribution in [1.29, 1.82) is 0 Å². The molecule has 1 fully saturated rings. The summed E-state index contributed by atoms with van der Waals surface area (Å²) in [6.07, 6.45) is 3.26. The third kappa shape index (κ3) is 5.80. The lowest BCUT2D eigenvalue weighted by atomic mass is 9.86. The molecule has 1 aliphatic carbocycles. The zero-order valence-corrected chi connectivity index (χ0v) is 18.8. The molecule has 5 nitrogen and oxygen atoms in total. The van der Waals surface area contributed by atoms with Crippen molar-refractivity contribution in [3.63, 3.8) is 0 Å². The molecule has 0 bridgehead atoms. The minimum absolute atomic E-state index is 0.110. The first kappa shape index (κ1) is 23.5. The summed E-state index contributed by atoms with van der Waals surface area (Å²) in [5.41, 5.74) is 1.59. The molecule has 0 radical (unpaired) electrons. The van der Waals surface area contributed by atoms with Crippen molar-refractivity contribution >= 4 is 11.8 Å². The van der Waals surface area contributed by atoms with Crippen molar-refractivity contribution in [2.24, 2.45) is 5.92 Å². The van der Waals surface area contributed by atoms with Crippen LogP contribution in [0.5, 0.6) is 5.75 Å². The summed E-state index contributed by atoms with van der Waals surface area (Å²) in [6.45, 7) is 0. The average molecular weight is 457 g/mol. The van der Waals surface area contributed by atoms with E-state index >= 15 is 0 Å². The number of allylic oxidation sites excluding steroid dienone is 1. The Morgan fingerprint density at radius 2 is 1.53 bits per heavy atom. The number of carbonyl (C=O) groups excluding carboxylic acids is 1. The Kier molecular flexibility index (Phi) is 7.24. The number of ether oxygens (including phenoxy) is 1. The van der Waals surface area contributed by atoms with Crippen LogP contribution in [0.2, 0.25) is 0 Å². The van der Waals surface area contributed by atoms with E-state index in [9.17, 15) is 19.8 Å². The lowest BCUT2D eigenvalue weighted by Crippen LogP contribution is -2.39. The Bertz CT molecular complexity index is 1140. The number of carboxylic acids is 1. The average Bonchev–Trinajstić information content (AvgIpc) is 3.13. The van der Waals surface area contributed by atoms with Crippen LogP contribution in [0.3, 0.4) is 0 Å². The molecule has 0 unspecified atom stereocenters. The lowest BCUT2D eigenvalue weighted by molar-refractivity contribution is -0.143. The van der Waals surface area contributed by atoms with E-state index in [0.29, 0.717) is 12.2 Å². The predicted molar refractivity (Wildman–Crippen MR) is 131 cm³/mol. The van der Waals surface area contributed by atoms with Gasteiger partial charge in [-0.2, -0.15) is 0 Å². The fraction of sp³-hybridized carbons (Fsp3) is 0.241. The van der Waals surface area contributed by atoms with Crippen LogP contribution in [0.4, 0.5) is 0 Å². The Hall–Kier alpha value is -3.70. The van der Waals surface area contributed by atoms with Crippen LogP contribution in [0.25, 0.3) is 11.1 Å². The van der Waals surface area contributed by atoms with Gasteiger partial charge < -0.3 is 14.9 Å². The molecule has 0 saturated heterocycles. The summed E-state index contributed by atoms with van der Waals surface area (Å²) >= 11 is 0. The molecule has 0 aliphatic heterocycles. The molecule has 3 aromatic carbocycles. The topological polar surface area (TPSA) is 83.8 Å². The van der Waals surface area contributed by atoms with E-state index in [0.717, 1.165) is 16.7 Å². The van der Waals surface area contributed by atoms with E-state index < -0.39 is 30.0 Å². The molecular formula is C29H28O5. The van der Waals surface area contributed by atoms with Gasteiger partial charge in [-0.25, -0.2) is 0 Å². The first-order valence-electron chi connectivity index (χ1n) is 11.4. The van der Waals surface area contributed by atoms with Gasteiger partial charge in [-0.15, -0.1) is 0 Å². The number of carbonyl (C=O) groups is 2. The molecule has 3 aromatic rings. The predicted octanol–water partition coefficient (Wildman–Crippen LogP) is 5.08. The summed E-state index contributed by atoms with van der Waals surface area (Å²) in [5.74, 6) is -1.17. The van der Waals surface area contributed by atoms with Crippen LogP contribution in [-0.2, 0) is 16.0 Å². The number of aliphatic hydroxyl groups is 1. The van der Waals surface area contributed by atoms with Gasteiger partial charge in [0.15, 0.2) is 5.78 Å². The molecule has 3 atom stereocenters. The van der Waals surface area contributed by atoms with Crippen molar-refractivity contribution in [2.45, 2.75) is 37.4 Å². The van der Waals surface area contributed by atoms with E-state index in [1.165, 1.54) is 6.08 Å². The fourth-order valence-corrected chi connectivity index (χ4v) is 4.59. The minimum atomic E-state index is -1.47. The largest absolute Gasteiger partial charge is 0.490 e. The maximum atomic E-state index is 12.5. The Morgan fingerprint density at radius 1 is 0.912 bits per heavy atom. The second kappa shape index (κ2) is 10.5.